The molecule has 1 heterocycles. The summed E-state index contributed by atoms with van der Waals surface area (Å²) in [6.07, 6.45) is 0. The van der Waals surface area contributed by atoms with Gasteiger partial charge in [0.15, 0.2) is 0 Å². The van der Waals surface area contributed by atoms with Crippen LogP contribution in [0.1, 0.15) is 27.4 Å². The number of para-hydroxylation sites is 1. The van der Waals surface area contributed by atoms with E-state index in [1.165, 1.54) is 0 Å². The van der Waals surface area contributed by atoms with Crippen LogP contribution in [0.3, 0.4) is 0 Å². The van der Waals surface area contributed by atoms with Crippen molar-refractivity contribution in [2.75, 3.05) is 20.2 Å². The Kier molecular flexibility index (Phi) is 6.76. The van der Waals surface area contributed by atoms with E-state index in [1.807, 2.05) is 54.6 Å². The van der Waals surface area contributed by atoms with Gasteiger partial charge in [0, 0.05) is 36.1 Å². The highest BCUT2D eigenvalue weighted by Crippen LogP contribution is 2.38. The lowest BCUT2D eigenvalue weighted by molar-refractivity contribution is -0.125. The van der Waals surface area contributed by atoms with Crippen LogP contribution in [0.5, 0.6) is 5.75 Å². The Bertz CT molecular complexity index is 1090. The lowest BCUT2D eigenvalue weighted by Gasteiger charge is -2.20. The van der Waals surface area contributed by atoms with Crippen LogP contribution < -0.4 is 10.1 Å². The molecule has 0 radical (unpaired) electrons. The number of rotatable bonds is 6. The average molecular weight is 449 g/mol. The van der Waals surface area contributed by atoms with Crippen molar-refractivity contribution in [2.24, 2.45) is 5.92 Å². The Morgan fingerprint density at radius 2 is 1.66 bits per heavy atom. The van der Waals surface area contributed by atoms with Crippen molar-refractivity contribution in [2.45, 2.75) is 12.5 Å². The first-order valence-electron chi connectivity index (χ1n) is 10.6. The molecule has 3 aromatic carbocycles. The van der Waals surface area contributed by atoms with Gasteiger partial charge in [-0.05, 0) is 41.5 Å². The molecule has 0 unspecified atom stereocenters. The second-order valence-corrected chi connectivity index (χ2v) is 8.31. The summed E-state index contributed by atoms with van der Waals surface area (Å²) < 4.78 is 5.56. The van der Waals surface area contributed by atoms with Gasteiger partial charge in [-0.1, -0.05) is 60.1 Å². The quantitative estimate of drug-likeness (QED) is 0.603. The monoisotopic (exact) mass is 448 g/mol. The number of nitrogens with zero attached hydrogens (tertiary/aromatic N) is 1. The highest BCUT2D eigenvalue weighted by molar-refractivity contribution is 6.30. The minimum atomic E-state index is -0.383. The van der Waals surface area contributed by atoms with Gasteiger partial charge < -0.3 is 15.0 Å². The van der Waals surface area contributed by atoms with Crippen molar-refractivity contribution in [3.63, 3.8) is 0 Å². The Labute approximate surface area is 193 Å². The highest BCUT2D eigenvalue weighted by atomic mass is 35.5. The summed E-state index contributed by atoms with van der Waals surface area (Å²) in [6, 6.07) is 24.3. The number of ether oxygens (including phenoxy) is 1. The molecule has 5 nitrogen and oxygen atoms in total. The standard InChI is InChI=1S/C26H25ClN2O3/c1-32-24-10-6-5-9-21(24)22-16-29(26(31)19-11-13-20(27)14-12-19)17-23(22)25(30)28-15-18-7-3-2-4-8-18/h2-14,22-23H,15-17H2,1H3,(H,28,30)/t22-,23+/m0/s1. The van der Waals surface area contributed by atoms with Crippen molar-refractivity contribution < 1.29 is 14.3 Å². The maximum Gasteiger partial charge on any atom is 0.253 e. The van der Waals surface area contributed by atoms with Crippen LogP contribution in [-0.2, 0) is 11.3 Å². The third kappa shape index (κ3) is 4.78. The highest BCUT2D eigenvalue weighted by Gasteiger charge is 2.41. The molecule has 2 atom stereocenters. The zero-order chi connectivity index (χ0) is 22.5. The molecule has 1 saturated heterocycles. The van der Waals surface area contributed by atoms with Crippen molar-refractivity contribution in [3.8, 4) is 5.75 Å². The second kappa shape index (κ2) is 9.88. The third-order valence-electron chi connectivity index (χ3n) is 5.88. The van der Waals surface area contributed by atoms with Gasteiger partial charge in [-0.2, -0.15) is 0 Å². The molecule has 6 heteroatoms. The Morgan fingerprint density at radius 1 is 0.969 bits per heavy atom. The Morgan fingerprint density at radius 3 is 2.38 bits per heavy atom. The van der Waals surface area contributed by atoms with E-state index in [4.69, 9.17) is 16.3 Å². The number of halogens is 1. The molecule has 0 spiro atoms. The number of carbonyl (C=O) groups excluding carboxylic acids is 2. The molecular weight excluding hydrogens is 424 g/mol. The Hall–Kier alpha value is -3.31. The van der Waals surface area contributed by atoms with Crippen LogP contribution >= 0.6 is 11.6 Å². The third-order valence-corrected chi connectivity index (χ3v) is 6.13. The maximum absolute atomic E-state index is 13.2. The van der Waals surface area contributed by atoms with Crippen LogP contribution in [0.4, 0.5) is 0 Å². The van der Waals surface area contributed by atoms with Gasteiger partial charge in [0.2, 0.25) is 5.91 Å². The molecule has 0 saturated carbocycles. The van der Waals surface area contributed by atoms with Crippen molar-refractivity contribution in [1.82, 2.24) is 10.2 Å². The SMILES string of the molecule is COc1ccccc1[C@@H]1CN(C(=O)c2ccc(Cl)cc2)C[C@H]1C(=O)NCc1ccccc1. The smallest absolute Gasteiger partial charge is 0.253 e. The summed E-state index contributed by atoms with van der Waals surface area (Å²) in [5.41, 5.74) is 2.52. The molecule has 1 aliphatic heterocycles. The van der Waals surface area contributed by atoms with Gasteiger partial charge in [-0.15, -0.1) is 0 Å². The second-order valence-electron chi connectivity index (χ2n) is 7.88. The number of hydrogen-bond acceptors (Lipinski definition) is 3. The molecule has 32 heavy (non-hydrogen) atoms. The summed E-state index contributed by atoms with van der Waals surface area (Å²) in [5, 5.41) is 3.63. The van der Waals surface area contributed by atoms with E-state index in [2.05, 4.69) is 5.32 Å². The van der Waals surface area contributed by atoms with Crippen molar-refractivity contribution in [1.29, 1.82) is 0 Å². The number of nitrogens with one attached hydrogen (secondary N) is 1. The van der Waals surface area contributed by atoms with Crippen LogP contribution in [0, 0.1) is 5.92 Å². The first-order valence-corrected chi connectivity index (χ1v) is 10.9. The average Bonchev–Trinajstić information content (AvgIpc) is 3.28. The largest absolute Gasteiger partial charge is 0.496 e. The van der Waals surface area contributed by atoms with Crippen LogP contribution in [0.15, 0.2) is 78.9 Å². The van der Waals surface area contributed by atoms with Gasteiger partial charge in [-0.25, -0.2) is 0 Å². The van der Waals surface area contributed by atoms with Gasteiger partial charge in [0.25, 0.3) is 5.91 Å². The van der Waals surface area contributed by atoms with E-state index in [-0.39, 0.29) is 23.7 Å². The fourth-order valence-corrected chi connectivity index (χ4v) is 4.34. The van der Waals surface area contributed by atoms with E-state index >= 15 is 0 Å². The fraction of sp³-hybridized carbons (Fsp3) is 0.231. The van der Waals surface area contributed by atoms with Crippen LogP contribution in [-0.4, -0.2) is 36.9 Å². The molecule has 2 amide bonds. The molecule has 1 aliphatic rings. The number of hydrogen-bond donors (Lipinski definition) is 1. The van der Waals surface area contributed by atoms with Gasteiger partial charge in [0.05, 0.1) is 13.0 Å². The van der Waals surface area contributed by atoms with E-state index < -0.39 is 0 Å². The summed E-state index contributed by atoms with van der Waals surface area (Å²) in [7, 11) is 1.62. The summed E-state index contributed by atoms with van der Waals surface area (Å²) >= 11 is 5.97. The zero-order valence-electron chi connectivity index (χ0n) is 17.8. The summed E-state index contributed by atoms with van der Waals surface area (Å²) in [5.74, 6) is -0.0142. The molecule has 0 aromatic heterocycles. The molecule has 1 fully saturated rings. The van der Waals surface area contributed by atoms with Gasteiger partial charge in [-0.3, -0.25) is 9.59 Å². The number of amides is 2. The minimum absolute atomic E-state index is 0.0730. The molecular formula is C26H25ClN2O3. The molecule has 3 aromatic rings. The van der Waals surface area contributed by atoms with Crippen LogP contribution in [0.2, 0.25) is 5.02 Å². The van der Waals surface area contributed by atoms with E-state index in [0.29, 0.717) is 30.2 Å². The summed E-state index contributed by atoms with van der Waals surface area (Å²) in [4.78, 5) is 28.1. The van der Waals surface area contributed by atoms with Crippen molar-refractivity contribution >= 4 is 23.4 Å². The lowest BCUT2D eigenvalue weighted by Crippen LogP contribution is -2.35. The van der Waals surface area contributed by atoms with Gasteiger partial charge >= 0.3 is 0 Å². The van der Waals surface area contributed by atoms with E-state index in [9.17, 15) is 9.59 Å². The molecule has 1 N–H and O–H groups in total. The molecule has 0 bridgehead atoms. The predicted molar refractivity (Wildman–Crippen MR) is 125 cm³/mol. The minimum Gasteiger partial charge on any atom is -0.496 e. The molecule has 164 valence electrons. The number of likely N-dealkylation sites (tertiary alicyclic amines) is 1. The summed E-state index contributed by atoms with van der Waals surface area (Å²) in [6.45, 7) is 1.22. The first kappa shape index (κ1) is 21.9. The normalized spacial score (nSPS) is 17.8. The number of benzene rings is 3. The first-order chi connectivity index (χ1) is 15.6. The Balaban J connectivity index is 1.58. The van der Waals surface area contributed by atoms with Crippen molar-refractivity contribution in [3.05, 3.63) is 101 Å². The zero-order valence-corrected chi connectivity index (χ0v) is 18.6. The number of methoxy groups -OCH3 is 1. The van der Waals surface area contributed by atoms with Gasteiger partial charge in [0.1, 0.15) is 5.75 Å². The maximum atomic E-state index is 13.2. The molecule has 0 aliphatic carbocycles. The molecule has 4 rings (SSSR count). The van der Waals surface area contributed by atoms with E-state index in [1.54, 1.807) is 36.3 Å². The fourth-order valence-electron chi connectivity index (χ4n) is 4.21. The van der Waals surface area contributed by atoms with Crippen LogP contribution in [0.25, 0.3) is 0 Å². The van der Waals surface area contributed by atoms with E-state index in [0.717, 1.165) is 16.9 Å². The number of carbonyl (C=O) groups is 2. The predicted octanol–water partition coefficient (Wildman–Crippen LogP) is 4.52. The topological polar surface area (TPSA) is 58.6 Å². The lowest BCUT2D eigenvalue weighted by atomic mass is 9.87.